The van der Waals surface area contributed by atoms with Crippen LogP contribution < -0.4 is 16.0 Å². The molecule has 0 unspecified atom stereocenters. The summed E-state index contributed by atoms with van der Waals surface area (Å²) in [5.41, 5.74) is 0.946. The summed E-state index contributed by atoms with van der Waals surface area (Å²) in [6.07, 6.45) is 1.15. The van der Waals surface area contributed by atoms with Gasteiger partial charge in [0, 0.05) is 30.3 Å². The number of hydrogen-bond donors (Lipinski definition) is 3. The van der Waals surface area contributed by atoms with Crippen molar-refractivity contribution < 1.29 is 14.4 Å². The molecule has 0 aliphatic carbocycles. The number of anilines is 1. The fraction of sp³-hybridized carbons (Fsp3) is 0.400. The lowest BCUT2D eigenvalue weighted by molar-refractivity contribution is -0.124. The van der Waals surface area contributed by atoms with Gasteiger partial charge in [-0.3, -0.25) is 9.59 Å². The van der Waals surface area contributed by atoms with Crippen molar-refractivity contribution in [3.63, 3.8) is 0 Å². The minimum atomic E-state index is -0.722. The van der Waals surface area contributed by atoms with Gasteiger partial charge in [-0.05, 0) is 55.0 Å². The number of rotatable bonds is 7. The van der Waals surface area contributed by atoms with Gasteiger partial charge >= 0.3 is 6.03 Å². The standard InChI is InChI=1S/C25H30Cl2N4O3/c1-16(2)15-28-24(33)22(30-23(32)20-8-3-4-9-21(20)27)17-10-12-31(13-11-17)25(34)29-19-7-5-6-18(26)14-19/h3-9,14,16-17,22H,10-13,15H2,1-2H3,(H,28,33)(H,29,34)(H,30,32)/t22-/m1/s1. The topological polar surface area (TPSA) is 90.5 Å². The van der Waals surface area contributed by atoms with Crippen molar-refractivity contribution in [2.24, 2.45) is 11.8 Å². The van der Waals surface area contributed by atoms with Gasteiger partial charge in [-0.25, -0.2) is 4.79 Å². The third-order valence-electron chi connectivity index (χ3n) is 5.75. The molecule has 2 aromatic rings. The predicted octanol–water partition coefficient (Wildman–Crippen LogP) is 4.81. The highest BCUT2D eigenvalue weighted by atomic mass is 35.5. The largest absolute Gasteiger partial charge is 0.354 e. The summed E-state index contributed by atoms with van der Waals surface area (Å²) in [5.74, 6) is -0.456. The molecule has 1 aliphatic rings. The van der Waals surface area contributed by atoms with E-state index in [0.717, 1.165) is 0 Å². The van der Waals surface area contributed by atoms with Crippen LogP contribution in [0.2, 0.25) is 10.0 Å². The molecule has 3 N–H and O–H groups in total. The summed E-state index contributed by atoms with van der Waals surface area (Å²) in [7, 11) is 0. The first-order valence-corrected chi connectivity index (χ1v) is 12.1. The van der Waals surface area contributed by atoms with Crippen LogP contribution in [0.25, 0.3) is 0 Å². The van der Waals surface area contributed by atoms with E-state index in [1.165, 1.54) is 0 Å². The third-order valence-corrected chi connectivity index (χ3v) is 6.31. The number of piperidine rings is 1. The maximum Gasteiger partial charge on any atom is 0.321 e. The average molecular weight is 505 g/mol. The Hall–Kier alpha value is -2.77. The van der Waals surface area contributed by atoms with Gasteiger partial charge in [0.15, 0.2) is 0 Å². The Kier molecular flexibility index (Phi) is 9.19. The number of carbonyl (C=O) groups is 3. The number of benzene rings is 2. The van der Waals surface area contributed by atoms with Crippen molar-refractivity contribution in [3.8, 4) is 0 Å². The number of likely N-dealkylation sites (tertiary alicyclic amines) is 1. The number of nitrogens with one attached hydrogen (secondary N) is 3. The van der Waals surface area contributed by atoms with Gasteiger partial charge in [0.05, 0.1) is 10.6 Å². The van der Waals surface area contributed by atoms with Crippen molar-refractivity contribution in [1.82, 2.24) is 15.5 Å². The predicted molar refractivity (Wildman–Crippen MR) is 135 cm³/mol. The van der Waals surface area contributed by atoms with Crippen molar-refractivity contribution in [2.75, 3.05) is 25.0 Å². The highest BCUT2D eigenvalue weighted by molar-refractivity contribution is 6.33. The number of urea groups is 1. The number of hydrogen-bond acceptors (Lipinski definition) is 3. The second-order valence-corrected chi connectivity index (χ2v) is 9.68. The van der Waals surface area contributed by atoms with Crippen molar-refractivity contribution in [3.05, 3.63) is 64.1 Å². The van der Waals surface area contributed by atoms with E-state index in [0.29, 0.717) is 53.8 Å². The molecule has 1 heterocycles. The van der Waals surface area contributed by atoms with Gasteiger partial charge in [0.2, 0.25) is 5.91 Å². The summed E-state index contributed by atoms with van der Waals surface area (Å²) in [6.45, 7) is 5.46. The van der Waals surface area contributed by atoms with E-state index in [1.807, 2.05) is 13.8 Å². The van der Waals surface area contributed by atoms with E-state index in [2.05, 4.69) is 16.0 Å². The molecule has 9 heteroatoms. The molecule has 1 atom stereocenters. The second kappa shape index (κ2) is 12.1. The van der Waals surface area contributed by atoms with Gasteiger partial charge in [-0.15, -0.1) is 0 Å². The zero-order chi connectivity index (χ0) is 24.7. The van der Waals surface area contributed by atoms with Crippen LogP contribution in [0.15, 0.2) is 48.5 Å². The van der Waals surface area contributed by atoms with Gasteiger partial charge in [-0.1, -0.05) is 55.2 Å². The smallest absolute Gasteiger partial charge is 0.321 e. The van der Waals surface area contributed by atoms with Crippen molar-refractivity contribution >= 4 is 46.7 Å². The van der Waals surface area contributed by atoms with E-state index in [4.69, 9.17) is 23.2 Å². The molecule has 2 aromatic carbocycles. The Morgan fingerprint density at radius 2 is 1.74 bits per heavy atom. The normalized spacial score (nSPS) is 15.0. The first kappa shape index (κ1) is 25.8. The lowest BCUT2D eigenvalue weighted by Crippen LogP contribution is -2.54. The summed E-state index contributed by atoms with van der Waals surface area (Å²) in [4.78, 5) is 40.3. The molecule has 7 nitrogen and oxygen atoms in total. The second-order valence-electron chi connectivity index (χ2n) is 8.83. The molecule has 0 radical (unpaired) electrons. The summed E-state index contributed by atoms with van der Waals surface area (Å²) < 4.78 is 0. The molecular formula is C25H30Cl2N4O3. The molecule has 1 aliphatic heterocycles. The van der Waals surface area contributed by atoms with Gasteiger partial charge < -0.3 is 20.9 Å². The number of amides is 4. The van der Waals surface area contributed by atoms with E-state index in [1.54, 1.807) is 53.4 Å². The highest BCUT2D eigenvalue weighted by Crippen LogP contribution is 2.24. The monoisotopic (exact) mass is 504 g/mol. The molecule has 0 bridgehead atoms. The molecule has 34 heavy (non-hydrogen) atoms. The minimum absolute atomic E-state index is 0.117. The van der Waals surface area contributed by atoms with Gasteiger partial charge in [0.1, 0.15) is 6.04 Å². The summed E-state index contributed by atoms with van der Waals surface area (Å²) in [6, 6.07) is 12.8. The zero-order valence-electron chi connectivity index (χ0n) is 19.3. The SMILES string of the molecule is CC(C)CNC(=O)[C@H](NC(=O)c1ccccc1Cl)C1CCN(C(=O)Nc2cccc(Cl)c2)CC1. The van der Waals surface area contributed by atoms with E-state index >= 15 is 0 Å². The molecule has 0 aromatic heterocycles. The lowest BCUT2D eigenvalue weighted by Gasteiger charge is -2.36. The van der Waals surface area contributed by atoms with Crippen LogP contribution in [0.3, 0.4) is 0 Å². The first-order chi connectivity index (χ1) is 16.2. The Labute approximate surface area is 210 Å². The number of carbonyl (C=O) groups excluding carboxylic acids is 3. The van der Waals surface area contributed by atoms with Crippen LogP contribution in [0.1, 0.15) is 37.0 Å². The molecule has 3 rings (SSSR count). The maximum atomic E-state index is 13.0. The van der Waals surface area contributed by atoms with Crippen LogP contribution in [-0.4, -0.2) is 48.4 Å². The van der Waals surface area contributed by atoms with Crippen LogP contribution >= 0.6 is 23.2 Å². The summed E-state index contributed by atoms with van der Waals surface area (Å²) in [5, 5.41) is 9.54. The van der Waals surface area contributed by atoms with E-state index < -0.39 is 11.9 Å². The number of nitrogens with zero attached hydrogens (tertiary/aromatic N) is 1. The summed E-state index contributed by atoms with van der Waals surface area (Å²) >= 11 is 12.2. The quantitative estimate of drug-likeness (QED) is 0.505. The first-order valence-electron chi connectivity index (χ1n) is 11.4. The van der Waals surface area contributed by atoms with Gasteiger partial charge in [0.25, 0.3) is 5.91 Å². The third kappa shape index (κ3) is 7.11. The van der Waals surface area contributed by atoms with Crippen molar-refractivity contribution in [2.45, 2.75) is 32.7 Å². The fourth-order valence-electron chi connectivity index (χ4n) is 3.88. The zero-order valence-corrected chi connectivity index (χ0v) is 20.8. The Bertz CT molecular complexity index is 1020. The molecular weight excluding hydrogens is 475 g/mol. The average Bonchev–Trinajstić information content (AvgIpc) is 2.81. The minimum Gasteiger partial charge on any atom is -0.354 e. The maximum absolute atomic E-state index is 13.0. The molecule has 0 saturated carbocycles. The van der Waals surface area contributed by atoms with Gasteiger partial charge in [-0.2, -0.15) is 0 Å². The van der Waals surface area contributed by atoms with Crippen LogP contribution in [0.5, 0.6) is 0 Å². The van der Waals surface area contributed by atoms with E-state index in [9.17, 15) is 14.4 Å². The Morgan fingerprint density at radius 3 is 2.38 bits per heavy atom. The molecule has 1 saturated heterocycles. The van der Waals surface area contributed by atoms with Crippen LogP contribution in [-0.2, 0) is 4.79 Å². The van der Waals surface area contributed by atoms with Crippen LogP contribution in [0, 0.1) is 11.8 Å². The lowest BCUT2D eigenvalue weighted by atomic mass is 9.88. The molecule has 4 amide bonds. The Morgan fingerprint density at radius 1 is 1.03 bits per heavy atom. The molecule has 0 spiro atoms. The Balaban J connectivity index is 1.65. The van der Waals surface area contributed by atoms with Crippen LogP contribution in [0.4, 0.5) is 10.5 Å². The van der Waals surface area contributed by atoms with E-state index in [-0.39, 0.29) is 23.8 Å². The highest BCUT2D eigenvalue weighted by Gasteiger charge is 2.34. The molecule has 1 fully saturated rings. The molecule has 182 valence electrons. The number of halogens is 2. The fourth-order valence-corrected chi connectivity index (χ4v) is 4.29. The van der Waals surface area contributed by atoms with Crippen molar-refractivity contribution in [1.29, 1.82) is 0 Å².